The molecule has 0 saturated carbocycles. The van der Waals surface area contributed by atoms with E-state index in [-0.39, 0.29) is 29.7 Å². The third kappa shape index (κ3) is 5.57. The zero-order valence-corrected chi connectivity index (χ0v) is 24.5. The van der Waals surface area contributed by atoms with Crippen molar-refractivity contribution in [2.75, 3.05) is 13.6 Å². The highest BCUT2D eigenvalue weighted by atomic mass is 16.6. The Balaban J connectivity index is 1.47. The van der Waals surface area contributed by atoms with Crippen LogP contribution in [0.2, 0.25) is 0 Å². The van der Waals surface area contributed by atoms with Crippen LogP contribution in [0, 0.1) is 6.92 Å². The molecule has 4 rings (SSSR count). The van der Waals surface area contributed by atoms with E-state index < -0.39 is 78.1 Å². The van der Waals surface area contributed by atoms with Gasteiger partial charge in [-0.2, -0.15) is 0 Å². The third-order valence-corrected chi connectivity index (χ3v) is 8.72. The summed E-state index contributed by atoms with van der Waals surface area (Å²) in [5.74, 6) is -7.10. The minimum atomic E-state index is -2.06. The van der Waals surface area contributed by atoms with Gasteiger partial charge >= 0.3 is 29.8 Å². The van der Waals surface area contributed by atoms with E-state index in [0.29, 0.717) is 18.5 Å². The van der Waals surface area contributed by atoms with Crippen LogP contribution in [0.4, 0.5) is 0 Å². The fraction of sp³-hybridized carbons (Fsp3) is 0.552. The van der Waals surface area contributed by atoms with E-state index in [2.05, 4.69) is 4.74 Å². The number of aryl methyl sites for hydroxylation is 1. The van der Waals surface area contributed by atoms with Crippen LogP contribution in [-0.2, 0) is 43.6 Å². The second-order valence-corrected chi connectivity index (χ2v) is 11.4. The zero-order valence-electron chi connectivity index (χ0n) is 24.5. The van der Waals surface area contributed by atoms with Crippen LogP contribution in [0.1, 0.15) is 50.7 Å². The number of esters is 3. The van der Waals surface area contributed by atoms with Crippen LogP contribution >= 0.6 is 0 Å². The number of carbonyl (C=O) groups is 5. The van der Waals surface area contributed by atoms with Crippen molar-refractivity contribution in [3.63, 3.8) is 0 Å². The molecule has 240 valence electrons. The number of hydrogen-bond acceptors (Lipinski definition) is 13. The Morgan fingerprint density at radius 2 is 1.80 bits per heavy atom. The van der Waals surface area contributed by atoms with Gasteiger partial charge in [-0.15, -0.1) is 0 Å². The van der Waals surface area contributed by atoms with E-state index in [1.54, 1.807) is 6.07 Å². The van der Waals surface area contributed by atoms with E-state index >= 15 is 0 Å². The topological polar surface area (TPSA) is 227 Å². The first kappa shape index (κ1) is 32.7. The number of carboxylic acids is 2. The number of rotatable bonds is 10. The largest absolute Gasteiger partial charge is 0.504 e. The Labute approximate surface area is 251 Å². The highest BCUT2D eigenvalue weighted by Gasteiger charge is 2.69. The molecule has 15 heteroatoms. The van der Waals surface area contributed by atoms with Crippen molar-refractivity contribution < 1.29 is 68.5 Å². The molecule has 1 aromatic carbocycles. The number of phenols is 1. The maximum atomic E-state index is 12.9. The number of carboxylic acid groups (broad SMARTS) is 2. The molecule has 0 bridgehead atoms. The SMILES string of the molecule is Cc1ccc(O)c2c1[C@]13CCN(C)[C@H](C)[C@]1(O)CC=C(OC(=O)[C@@H](O)CC(=O)O[C@@H](C)C(=O)O[C@H](CC(=O)O)C(=O)O)[C@@H]3O2. The van der Waals surface area contributed by atoms with E-state index in [0.717, 1.165) is 12.5 Å². The fourth-order valence-electron chi connectivity index (χ4n) is 6.30. The van der Waals surface area contributed by atoms with Crippen LogP contribution in [0.25, 0.3) is 0 Å². The average molecular weight is 622 g/mol. The molecule has 1 spiro atoms. The van der Waals surface area contributed by atoms with Crippen LogP contribution in [0.3, 0.4) is 0 Å². The molecule has 1 saturated heterocycles. The molecule has 3 aliphatic rings. The minimum Gasteiger partial charge on any atom is -0.504 e. The maximum Gasteiger partial charge on any atom is 0.348 e. The third-order valence-electron chi connectivity index (χ3n) is 8.72. The molecule has 44 heavy (non-hydrogen) atoms. The summed E-state index contributed by atoms with van der Waals surface area (Å²) < 4.78 is 21.1. The number of likely N-dealkylation sites (tertiary alicyclic amines) is 1. The smallest absolute Gasteiger partial charge is 0.348 e. The van der Waals surface area contributed by atoms with E-state index in [9.17, 15) is 39.3 Å². The average Bonchev–Trinajstić information content (AvgIpc) is 3.31. The molecule has 0 unspecified atom stereocenters. The number of benzene rings is 1. The number of aliphatic carboxylic acids is 2. The summed E-state index contributed by atoms with van der Waals surface area (Å²) in [5.41, 5.74) is -1.14. The van der Waals surface area contributed by atoms with Gasteiger partial charge in [0.25, 0.3) is 0 Å². The van der Waals surface area contributed by atoms with E-state index in [4.69, 9.17) is 24.4 Å². The summed E-state index contributed by atoms with van der Waals surface area (Å²) in [6, 6.07) is 2.82. The van der Waals surface area contributed by atoms with Crippen molar-refractivity contribution in [2.45, 2.75) is 87.9 Å². The first-order valence-electron chi connectivity index (χ1n) is 13.9. The molecule has 2 aliphatic heterocycles. The lowest BCUT2D eigenvalue weighted by Gasteiger charge is -2.58. The number of nitrogens with zero attached hydrogens (tertiary/aromatic N) is 1. The number of aliphatic hydroxyl groups excluding tert-OH is 1. The number of fused-ring (bicyclic) bond motifs is 1. The molecule has 7 atom stereocenters. The fourth-order valence-corrected chi connectivity index (χ4v) is 6.30. The van der Waals surface area contributed by atoms with Gasteiger partial charge in [-0.05, 0) is 58.5 Å². The van der Waals surface area contributed by atoms with Gasteiger partial charge in [0.05, 0.1) is 23.9 Å². The Bertz CT molecular complexity index is 1410. The van der Waals surface area contributed by atoms with Crippen LogP contribution < -0.4 is 4.74 Å². The van der Waals surface area contributed by atoms with Crippen LogP contribution in [0.5, 0.6) is 11.5 Å². The predicted molar refractivity (Wildman–Crippen MR) is 145 cm³/mol. The molecule has 1 aromatic rings. The highest BCUT2D eigenvalue weighted by Crippen LogP contribution is 2.62. The maximum absolute atomic E-state index is 12.9. The lowest BCUT2D eigenvalue weighted by Crippen LogP contribution is -2.71. The summed E-state index contributed by atoms with van der Waals surface area (Å²) in [4.78, 5) is 61.3. The van der Waals surface area contributed by atoms with Gasteiger partial charge in [0.15, 0.2) is 29.8 Å². The number of carbonyl (C=O) groups excluding carboxylic acids is 3. The first-order chi connectivity index (χ1) is 20.5. The molecule has 15 nitrogen and oxygen atoms in total. The monoisotopic (exact) mass is 621 g/mol. The van der Waals surface area contributed by atoms with E-state index in [1.165, 1.54) is 12.1 Å². The lowest BCUT2D eigenvalue weighted by atomic mass is 9.54. The van der Waals surface area contributed by atoms with Crippen LogP contribution in [-0.4, -0.2) is 110 Å². The molecule has 5 N–H and O–H groups in total. The Hall–Kier alpha value is -4.21. The van der Waals surface area contributed by atoms with Gasteiger partial charge in [0.2, 0.25) is 6.10 Å². The Morgan fingerprint density at radius 1 is 1.11 bits per heavy atom. The Kier molecular flexibility index (Phi) is 8.96. The van der Waals surface area contributed by atoms with Crippen molar-refractivity contribution in [1.29, 1.82) is 0 Å². The summed E-state index contributed by atoms with van der Waals surface area (Å²) in [6.45, 7) is 5.29. The van der Waals surface area contributed by atoms with Gasteiger partial charge in [-0.3, -0.25) is 9.59 Å². The number of aliphatic hydroxyl groups is 2. The highest BCUT2D eigenvalue weighted by molar-refractivity contribution is 5.86. The predicted octanol–water partition coefficient (Wildman–Crippen LogP) is 0.139. The van der Waals surface area contributed by atoms with Gasteiger partial charge in [0, 0.05) is 18.0 Å². The summed E-state index contributed by atoms with van der Waals surface area (Å²) >= 11 is 0. The quantitative estimate of drug-likeness (QED) is 0.173. The Morgan fingerprint density at radius 3 is 2.43 bits per heavy atom. The molecule has 2 heterocycles. The molecule has 0 radical (unpaired) electrons. The standard InChI is InChI=1S/C29H35NO14/c1-13-5-6-16(31)23-22(13)28-9-10-30(4)15(3)29(28,40)8-7-18(24(28)44-23)42-27(39)17(32)11-21(35)41-14(2)26(38)43-19(25(36)37)12-20(33)34/h5-7,14-15,17,19,24,31-32,40H,8-12H2,1-4H3,(H,33,34)(H,36,37)/t14-,15+,17-,19+,24-,28-,29+/m0/s1. The van der Waals surface area contributed by atoms with Gasteiger partial charge < -0.3 is 49.4 Å². The molecular formula is C29H35NO14. The van der Waals surface area contributed by atoms with Crippen molar-refractivity contribution in [3.05, 3.63) is 35.1 Å². The summed E-state index contributed by atoms with van der Waals surface area (Å²) in [7, 11) is 1.88. The second kappa shape index (κ2) is 12.1. The minimum absolute atomic E-state index is 0.0195. The first-order valence-corrected chi connectivity index (χ1v) is 13.9. The van der Waals surface area contributed by atoms with Crippen molar-refractivity contribution >= 4 is 29.8 Å². The zero-order chi connectivity index (χ0) is 32.7. The van der Waals surface area contributed by atoms with Gasteiger partial charge in [0.1, 0.15) is 5.76 Å². The summed E-state index contributed by atoms with van der Waals surface area (Å²) in [6.07, 6.45) is -6.88. The number of hydrogen-bond donors (Lipinski definition) is 5. The van der Waals surface area contributed by atoms with Crippen molar-refractivity contribution in [2.24, 2.45) is 0 Å². The number of phenolic OH excluding ortho intramolecular Hbond substituents is 1. The molecule has 1 fully saturated rings. The second-order valence-electron chi connectivity index (χ2n) is 11.4. The molecular weight excluding hydrogens is 586 g/mol. The van der Waals surface area contributed by atoms with E-state index in [1.807, 2.05) is 25.8 Å². The van der Waals surface area contributed by atoms with Crippen molar-refractivity contribution in [1.82, 2.24) is 4.90 Å². The number of ether oxygens (including phenoxy) is 4. The number of piperidine rings is 1. The normalized spacial score (nSPS) is 27.6. The molecule has 0 amide bonds. The van der Waals surface area contributed by atoms with Gasteiger partial charge in [-0.25, -0.2) is 14.4 Å². The van der Waals surface area contributed by atoms with Crippen LogP contribution in [0.15, 0.2) is 24.0 Å². The van der Waals surface area contributed by atoms with Crippen molar-refractivity contribution in [3.8, 4) is 11.5 Å². The summed E-state index contributed by atoms with van der Waals surface area (Å²) in [5, 5.41) is 51.1. The molecule has 0 aromatic heterocycles. The number of likely N-dealkylation sites (N-methyl/N-ethyl adjacent to an activating group) is 1. The lowest BCUT2D eigenvalue weighted by molar-refractivity contribution is -0.179. The van der Waals surface area contributed by atoms with Gasteiger partial charge in [-0.1, -0.05) is 6.07 Å². The molecule has 1 aliphatic carbocycles. The number of aromatic hydroxyl groups is 1.